The predicted molar refractivity (Wildman–Crippen MR) is 83.5 cm³/mol. The summed E-state index contributed by atoms with van der Waals surface area (Å²) in [5.41, 5.74) is 4.03. The number of nitrogens with zero attached hydrogens (tertiary/aromatic N) is 1. The van der Waals surface area contributed by atoms with E-state index in [1.807, 2.05) is 19.4 Å². The number of benzene rings is 1. The lowest BCUT2D eigenvalue weighted by molar-refractivity contribution is 0.622. The lowest BCUT2D eigenvalue weighted by atomic mass is 9.89. The minimum atomic E-state index is 0.474. The molecule has 2 nitrogen and oxygen atoms in total. The summed E-state index contributed by atoms with van der Waals surface area (Å²) in [5, 5.41) is 3.30. The van der Waals surface area contributed by atoms with Gasteiger partial charge in [-0.25, -0.2) is 0 Å². The molecule has 0 aliphatic heterocycles. The average molecular weight is 319 g/mol. The maximum Gasteiger partial charge on any atom is 0.0410 e. The number of pyridine rings is 1. The number of likely N-dealkylation sites (N-methyl/N-ethyl adjacent to an activating group) is 1. The van der Waals surface area contributed by atoms with Gasteiger partial charge in [0.2, 0.25) is 0 Å². The van der Waals surface area contributed by atoms with Crippen LogP contribution in [0.4, 0.5) is 0 Å². The van der Waals surface area contributed by atoms with Gasteiger partial charge >= 0.3 is 0 Å². The summed E-state index contributed by atoms with van der Waals surface area (Å²) in [5.74, 6) is 0.474. The molecule has 0 saturated carbocycles. The van der Waals surface area contributed by atoms with Crippen LogP contribution in [0.2, 0.25) is 0 Å². The van der Waals surface area contributed by atoms with Crippen molar-refractivity contribution in [2.75, 3.05) is 13.6 Å². The molecule has 1 aromatic carbocycles. The number of hydrogen-bond donors (Lipinski definition) is 1. The number of hydrogen-bond acceptors (Lipinski definition) is 2. The van der Waals surface area contributed by atoms with Gasteiger partial charge in [0.15, 0.2) is 0 Å². The van der Waals surface area contributed by atoms with Crippen LogP contribution in [-0.2, 0) is 6.42 Å². The van der Waals surface area contributed by atoms with E-state index in [-0.39, 0.29) is 0 Å². The van der Waals surface area contributed by atoms with Crippen molar-refractivity contribution in [1.82, 2.24) is 10.3 Å². The Morgan fingerprint density at radius 1 is 1.26 bits per heavy atom. The fraction of sp³-hybridized carbons (Fsp3) is 0.312. The van der Waals surface area contributed by atoms with E-state index in [9.17, 15) is 0 Å². The monoisotopic (exact) mass is 318 g/mol. The van der Waals surface area contributed by atoms with Crippen molar-refractivity contribution in [2.24, 2.45) is 0 Å². The van der Waals surface area contributed by atoms with Crippen molar-refractivity contribution in [3.8, 4) is 0 Å². The summed E-state index contributed by atoms with van der Waals surface area (Å²) in [4.78, 5) is 4.25. The van der Waals surface area contributed by atoms with Crippen molar-refractivity contribution >= 4 is 15.9 Å². The van der Waals surface area contributed by atoms with Gasteiger partial charge in [-0.1, -0.05) is 24.3 Å². The first-order valence-corrected chi connectivity index (χ1v) is 7.29. The van der Waals surface area contributed by atoms with E-state index in [0.29, 0.717) is 5.92 Å². The molecule has 1 heterocycles. The Kier molecular flexibility index (Phi) is 5.11. The molecule has 0 spiro atoms. The molecule has 0 bridgehead atoms. The second-order valence-electron chi connectivity index (χ2n) is 4.83. The highest BCUT2D eigenvalue weighted by Gasteiger charge is 2.13. The maximum atomic E-state index is 4.25. The molecule has 1 N–H and O–H groups in total. The summed E-state index contributed by atoms with van der Waals surface area (Å²) >= 11 is 3.48. The van der Waals surface area contributed by atoms with Crippen LogP contribution in [0, 0.1) is 6.92 Å². The Morgan fingerprint density at radius 2 is 2.05 bits per heavy atom. The summed E-state index contributed by atoms with van der Waals surface area (Å²) in [6, 6.07) is 10.8. The van der Waals surface area contributed by atoms with Crippen molar-refractivity contribution in [3.05, 3.63) is 63.9 Å². The smallest absolute Gasteiger partial charge is 0.0410 e. The first kappa shape index (κ1) is 14.2. The molecule has 2 rings (SSSR count). The minimum Gasteiger partial charge on any atom is -0.319 e. The van der Waals surface area contributed by atoms with E-state index in [1.165, 1.54) is 16.7 Å². The Balaban J connectivity index is 2.24. The third-order valence-corrected chi connectivity index (χ3v) is 3.76. The van der Waals surface area contributed by atoms with Crippen molar-refractivity contribution < 1.29 is 0 Å². The number of nitrogens with one attached hydrogen (secondary N) is 1. The van der Waals surface area contributed by atoms with Crippen molar-refractivity contribution in [2.45, 2.75) is 19.3 Å². The highest BCUT2D eigenvalue weighted by Crippen LogP contribution is 2.24. The first-order chi connectivity index (χ1) is 9.20. The highest BCUT2D eigenvalue weighted by atomic mass is 79.9. The topological polar surface area (TPSA) is 24.9 Å². The van der Waals surface area contributed by atoms with Gasteiger partial charge in [0, 0.05) is 29.3 Å². The molecule has 2 aromatic rings. The number of aromatic nitrogens is 1. The molecule has 1 atom stereocenters. The van der Waals surface area contributed by atoms with Crippen LogP contribution in [0.25, 0.3) is 0 Å². The van der Waals surface area contributed by atoms with Crippen LogP contribution in [0.1, 0.15) is 22.6 Å². The molecule has 1 aromatic heterocycles. The number of aryl methyl sites for hydroxylation is 1. The van der Waals surface area contributed by atoms with Crippen molar-refractivity contribution in [1.29, 1.82) is 0 Å². The van der Waals surface area contributed by atoms with Gasteiger partial charge in [0.25, 0.3) is 0 Å². The second-order valence-corrected chi connectivity index (χ2v) is 5.74. The third kappa shape index (κ3) is 3.88. The van der Waals surface area contributed by atoms with E-state index in [1.54, 1.807) is 0 Å². The van der Waals surface area contributed by atoms with Gasteiger partial charge in [-0.2, -0.15) is 0 Å². The molecule has 19 heavy (non-hydrogen) atoms. The zero-order valence-electron chi connectivity index (χ0n) is 11.4. The summed E-state index contributed by atoms with van der Waals surface area (Å²) in [7, 11) is 2.00. The van der Waals surface area contributed by atoms with Gasteiger partial charge in [0.05, 0.1) is 0 Å². The normalized spacial score (nSPS) is 12.4. The lowest BCUT2D eigenvalue weighted by Crippen LogP contribution is -2.20. The predicted octanol–water partition coefficient (Wildman–Crippen LogP) is 3.70. The third-order valence-electron chi connectivity index (χ3n) is 3.32. The highest BCUT2D eigenvalue weighted by molar-refractivity contribution is 9.10. The van der Waals surface area contributed by atoms with Crippen LogP contribution in [0.15, 0.2) is 47.2 Å². The number of halogens is 1. The van der Waals surface area contributed by atoms with Gasteiger partial charge in [-0.05, 0) is 59.1 Å². The molecule has 1 unspecified atom stereocenters. The molecule has 100 valence electrons. The van der Waals surface area contributed by atoms with Gasteiger partial charge in [-0.3, -0.25) is 4.98 Å². The largest absolute Gasteiger partial charge is 0.319 e. The molecular weight excluding hydrogens is 300 g/mol. The molecule has 0 saturated heterocycles. The molecular formula is C16H19BrN2. The summed E-state index contributed by atoms with van der Waals surface area (Å²) in [6.45, 7) is 3.15. The maximum absolute atomic E-state index is 4.25. The van der Waals surface area contributed by atoms with Crippen LogP contribution in [0.5, 0.6) is 0 Å². The zero-order chi connectivity index (χ0) is 13.7. The standard InChI is InChI=1S/C16H19BrN2/c1-12-5-3-4-6-16(12)14(10-18-2)7-13-8-15(17)11-19-9-13/h3-6,8-9,11,14,18H,7,10H2,1-2H3. The molecule has 0 aliphatic rings. The van der Waals surface area contributed by atoms with Crippen LogP contribution < -0.4 is 5.32 Å². The summed E-state index contributed by atoms with van der Waals surface area (Å²) < 4.78 is 1.04. The molecule has 0 amide bonds. The van der Waals surface area contributed by atoms with Crippen LogP contribution >= 0.6 is 15.9 Å². The Labute approximate surface area is 123 Å². The van der Waals surface area contributed by atoms with Gasteiger partial charge in [-0.15, -0.1) is 0 Å². The second kappa shape index (κ2) is 6.83. The molecule has 0 fully saturated rings. The lowest BCUT2D eigenvalue weighted by Gasteiger charge is -2.19. The van der Waals surface area contributed by atoms with Crippen molar-refractivity contribution in [3.63, 3.8) is 0 Å². The van der Waals surface area contributed by atoms with E-state index < -0.39 is 0 Å². The SMILES string of the molecule is CNCC(Cc1cncc(Br)c1)c1ccccc1C. The van der Waals surface area contributed by atoms with Gasteiger partial charge < -0.3 is 5.32 Å². The van der Waals surface area contributed by atoms with E-state index in [2.05, 4.69) is 63.5 Å². The van der Waals surface area contributed by atoms with Crippen LogP contribution in [0.3, 0.4) is 0 Å². The minimum absolute atomic E-state index is 0.474. The quantitative estimate of drug-likeness (QED) is 0.909. The molecule has 0 aliphatic carbocycles. The van der Waals surface area contributed by atoms with E-state index in [4.69, 9.17) is 0 Å². The Hall–Kier alpha value is -1.19. The van der Waals surface area contributed by atoms with Gasteiger partial charge in [0.1, 0.15) is 0 Å². The first-order valence-electron chi connectivity index (χ1n) is 6.50. The fourth-order valence-corrected chi connectivity index (χ4v) is 2.85. The van der Waals surface area contributed by atoms with E-state index >= 15 is 0 Å². The van der Waals surface area contributed by atoms with Crippen LogP contribution in [-0.4, -0.2) is 18.6 Å². The molecule has 0 radical (unpaired) electrons. The summed E-state index contributed by atoms with van der Waals surface area (Å²) in [6.07, 6.45) is 4.77. The van der Waals surface area contributed by atoms with E-state index in [0.717, 1.165) is 17.4 Å². The number of rotatable bonds is 5. The zero-order valence-corrected chi connectivity index (χ0v) is 12.9. The Bertz CT molecular complexity index is 540. The Morgan fingerprint density at radius 3 is 2.74 bits per heavy atom. The fourth-order valence-electron chi connectivity index (χ4n) is 2.44. The molecule has 3 heteroatoms. The average Bonchev–Trinajstić information content (AvgIpc) is 2.39.